The summed E-state index contributed by atoms with van der Waals surface area (Å²) in [6.07, 6.45) is -4.53. The van der Waals surface area contributed by atoms with Crippen LogP contribution in [0.1, 0.15) is 5.56 Å². The Bertz CT molecular complexity index is 715. The predicted molar refractivity (Wildman–Crippen MR) is 71.9 cm³/mol. The smallest absolute Gasteiger partial charge is 0.416 e. The molecule has 0 fully saturated rings. The highest BCUT2D eigenvalue weighted by Gasteiger charge is 2.30. The Morgan fingerprint density at radius 1 is 1.09 bits per heavy atom. The SMILES string of the molecule is O=C(COc1cccc(C(F)(F)F)c1)Nc1ccc(F)cc1F. The summed E-state index contributed by atoms with van der Waals surface area (Å²) in [7, 11) is 0. The first-order chi connectivity index (χ1) is 10.8. The van der Waals surface area contributed by atoms with E-state index >= 15 is 0 Å². The number of carbonyl (C=O) groups excluding carboxylic acids is 1. The highest BCUT2D eigenvalue weighted by atomic mass is 19.4. The summed E-state index contributed by atoms with van der Waals surface area (Å²) < 4.78 is 68.6. The maximum Gasteiger partial charge on any atom is 0.416 e. The monoisotopic (exact) mass is 331 g/mol. The molecule has 1 amide bonds. The third kappa shape index (κ3) is 4.67. The van der Waals surface area contributed by atoms with Crippen LogP contribution in [0.3, 0.4) is 0 Å². The van der Waals surface area contributed by atoms with Gasteiger partial charge in [0.2, 0.25) is 0 Å². The minimum atomic E-state index is -4.53. The van der Waals surface area contributed by atoms with Crippen molar-refractivity contribution in [3.63, 3.8) is 0 Å². The van der Waals surface area contributed by atoms with Gasteiger partial charge in [0.1, 0.15) is 17.4 Å². The van der Waals surface area contributed by atoms with Crippen molar-refractivity contribution in [1.82, 2.24) is 0 Å². The normalized spacial score (nSPS) is 11.2. The Balaban J connectivity index is 1.97. The first-order valence-corrected chi connectivity index (χ1v) is 6.30. The number of halogens is 5. The van der Waals surface area contributed by atoms with Gasteiger partial charge in [-0.05, 0) is 30.3 Å². The molecule has 0 unspecified atom stereocenters. The van der Waals surface area contributed by atoms with E-state index in [9.17, 15) is 26.7 Å². The molecule has 0 saturated heterocycles. The first kappa shape index (κ1) is 16.7. The number of hydrogen-bond acceptors (Lipinski definition) is 2. The third-order valence-electron chi connectivity index (χ3n) is 2.74. The van der Waals surface area contributed by atoms with E-state index in [4.69, 9.17) is 4.74 Å². The molecular weight excluding hydrogens is 321 g/mol. The van der Waals surface area contributed by atoms with Crippen LogP contribution in [0.5, 0.6) is 5.75 Å². The van der Waals surface area contributed by atoms with E-state index in [2.05, 4.69) is 5.32 Å². The summed E-state index contributed by atoms with van der Waals surface area (Å²) in [5.41, 5.74) is -1.18. The average Bonchev–Trinajstić information content (AvgIpc) is 2.47. The minimum absolute atomic E-state index is 0.158. The van der Waals surface area contributed by atoms with Gasteiger partial charge in [-0.2, -0.15) is 13.2 Å². The van der Waals surface area contributed by atoms with Crippen LogP contribution in [0.25, 0.3) is 0 Å². The molecule has 8 heteroatoms. The lowest BCUT2D eigenvalue weighted by atomic mass is 10.2. The standard InChI is InChI=1S/C15H10F5NO2/c16-10-4-5-13(12(17)7-10)21-14(22)8-23-11-3-1-2-9(6-11)15(18,19)20/h1-7H,8H2,(H,21,22). The van der Waals surface area contributed by atoms with Crippen LogP contribution >= 0.6 is 0 Å². The average molecular weight is 331 g/mol. The number of alkyl halides is 3. The third-order valence-corrected chi connectivity index (χ3v) is 2.74. The van der Waals surface area contributed by atoms with E-state index in [1.807, 2.05) is 0 Å². The predicted octanol–water partition coefficient (Wildman–Crippen LogP) is 4.00. The van der Waals surface area contributed by atoms with Crippen molar-refractivity contribution < 1.29 is 31.5 Å². The lowest BCUT2D eigenvalue weighted by molar-refractivity contribution is -0.137. The Labute approximate surface area is 127 Å². The van der Waals surface area contributed by atoms with Gasteiger partial charge in [-0.3, -0.25) is 4.79 Å². The van der Waals surface area contributed by atoms with Crippen LogP contribution in [0, 0.1) is 11.6 Å². The number of ether oxygens (including phenoxy) is 1. The van der Waals surface area contributed by atoms with Gasteiger partial charge in [0.25, 0.3) is 5.91 Å². The zero-order valence-electron chi connectivity index (χ0n) is 11.5. The molecule has 0 radical (unpaired) electrons. The van der Waals surface area contributed by atoms with Crippen LogP contribution in [-0.2, 0) is 11.0 Å². The van der Waals surface area contributed by atoms with E-state index in [1.54, 1.807) is 0 Å². The van der Waals surface area contributed by atoms with E-state index in [0.29, 0.717) is 6.07 Å². The van der Waals surface area contributed by atoms with Crippen LogP contribution in [-0.4, -0.2) is 12.5 Å². The van der Waals surface area contributed by atoms with E-state index in [0.717, 1.165) is 30.3 Å². The molecule has 0 spiro atoms. The van der Waals surface area contributed by atoms with Gasteiger partial charge in [-0.25, -0.2) is 8.78 Å². The molecule has 1 N–H and O–H groups in total. The van der Waals surface area contributed by atoms with Crippen molar-refractivity contribution in [2.75, 3.05) is 11.9 Å². The number of benzene rings is 2. The Morgan fingerprint density at radius 2 is 1.83 bits per heavy atom. The quantitative estimate of drug-likeness (QED) is 0.860. The lowest BCUT2D eigenvalue weighted by Gasteiger charge is -2.10. The Hall–Kier alpha value is -2.64. The van der Waals surface area contributed by atoms with Gasteiger partial charge in [-0.15, -0.1) is 0 Å². The van der Waals surface area contributed by atoms with Crippen molar-refractivity contribution in [3.05, 3.63) is 59.7 Å². The number of anilines is 1. The van der Waals surface area contributed by atoms with E-state index in [-0.39, 0.29) is 11.4 Å². The van der Waals surface area contributed by atoms with Crippen LogP contribution < -0.4 is 10.1 Å². The topological polar surface area (TPSA) is 38.3 Å². The highest BCUT2D eigenvalue weighted by Crippen LogP contribution is 2.31. The molecule has 0 atom stereocenters. The summed E-state index contributed by atoms with van der Waals surface area (Å²) in [6.45, 7) is -0.627. The molecular formula is C15H10F5NO2. The first-order valence-electron chi connectivity index (χ1n) is 6.30. The fourth-order valence-electron chi connectivity index (χ4n) is 1.69. The van der Waals surface area contributed by atoms with Crippen molar-refractivity contribution >= 4 is 11.6 Å². The summed E-state index contributed by atoms with van der Waals surface area (Å²) in [6, 6.07) is 6.55. The van der Waals surface area contributed by atoms with Gasteiger partial charge in [-0.1, -0.05) is 6.07 Å². The number of hydrogen-bond donors (Lipinski definition) is 1. The van der Waals surface area contributed by atoms with E-state index in [1.165, 1.54) is 6.07 Å². The minimum Gasteiger partial charge on any atom is -0.484 e. The second kappa shape index (κ2) is 6.64. The molecule has 0 bridgehead atoms. The zero-order valence-corrected chi connectivity index (χ0v) is 11.5. The molecule has 2 aromatic rings. The second-order valence-corrected chi connectivity index (χ2v) is 4.49. The molecule has 3 nitrogen and oxygen atoms in total. The van der Waals surface area contributed by atoms with Crippen LogP contribution in [0.15, 0.2) is 42.5 Å². The molecule has 122 valence electrons. The summed E-state index contributed by atoms with van der Waals surface area (Å²) >= 11 is 0. The zero-order chi connectivity index (χ0) is 17.0. The van der Waals surface area contributed by atoms with Crippen molar-refractivity contribution in [1.29, 1.82) is 0 Å². The molecule has 0 aromatic heterocycles. The van der Waals surface area contributed by atoms with Crippen LogP contribution in [0.2, 0.25) is 0 Å². The molecule has 23 heavy (non-hydrogen) atoms. The van der Waals surface area contributed by atoms with Gasteiger partial charge in [0.15, 0.2) is 6.61 Å². The largest absolute Gasteiger partial charge is 0.484 e. The molecule has 0 heterocycles. The lowest BCUT2D eigenvalue weighted by Crippen LogP contribution is -2.21. The van der Waals surface area contributed by atoms with Crippen LogP contribution in [0.4, 0.5) is 27.6 Å². The van der Waals surface area contributed by atoms with Gasteiger partial charge >= 0.3 is 6.18 Å². The van der Waals surface area contributed by atoms with Crippen molar-refractivity contribution in [2.45, 2.75) is 6.18 Å². The number of nitrogens with one attached hydrogen (secondary N) is 1. The highest BCUT2D eigenvalue weighted by molar-refractivity contribution is 5.91. The number of amides is 1. The molecule has 0 saturated carbocycles. The van der Waals surface area contributed by atoms with Gasteiger partial charge in [0.05, 0.1) is 11.3 Å². The Kier molecular flexibility index (Phi) is 4.83. The fraction of sp³-hybridized carbons (Fsp3) is 0.133. The van der Waals surface area contributed by atoms with Crippen molar-refractivity contribution in [3.8, 4) is 5.75 Å². The van der Waals surface area contributed by atoms with Gasteiger partial charge < -0.3 is 10.1 Å². The van der Waals surface area contributed by atoms with E-state index < -0.39 is 35.9 Å². The second-order valence-electron chi connectivity index (χ2n) is 4.49. The number of rotatable bonds is 4. The molecule has 0 aliphatic rings. The number of carbonyl (C=O) groups is 1. The van der Waals surface area contributed by atoms with Gasteiger partial charge in [0, 0.05) is 6.07 Å². The van der Waals surface area contributed by atoms with Crippen molar-refractivity contribution in [2.24, 2.45) is 0 Å². The summed E-state index contributed by atoms with van der Waals surface area (Å²) in [5.74, 6) is -2.74. The molecule has 2 aromatic carbocycles. The molecule has 0 aliphatic heterocycles. The molecule has 2 rings (SSSR count). The Morgan fingerprint density at radius 3 is 2.48 bits per heavy atom. The fourth-order valence-corrected chi connectivity index (χ4v) is 1.69. The summed E-state index contributed by atoms with van der Waals surface area (Å²) in [5, 5.41) is 2.12. The maximum absolute atomic E-state index is 13.3. The maximum atomic E-state index is 13.3. The summed E-state index contributed by atoms with van der Waals surface area (Å²) in [4.78, 5) is 11.6. The molecule has 0 aliphatic carbocycles.